The van der Waals surface area contributed by atoms with Crippen molar-refractivity contribution in [3.8, 4) is 16.5 Å². The van der Waals surface area contributed by atoms with Gasteiger partial charge in [-0.15, -0.1) is 22.7 Å². The van der Waals surface area contributed by atoms with E-state index in [1.54, 1.807) is 5.38 Å². The van der Waals surface area contributed by atoms with Gasteiger partial charge in [0.05, 0.1) is 5.56 Å². The van der Waals surface area contributed by atoms with Crippen molar-refractivity contribution in [3.05, 3.63) is 28.5 Å². The average Bonchev–Trinajstić information content (AvgIpc) is 2.84. The highest BCUT2D eigenvalue weighted by Crippen LogP contribution is 2.36. The van der Waals surface area contributed by atoms with E-state index >= 15 is 0 Å². The van der Waals surface area contributed by atoms with Gasteiger partial charge in [0.15, 0.2) is 9.84 Å². The monoisotopic (exact) mass is 269 g/mol. The predicted octanol–water partition coefficient (Wildman–Crippen LogP) is 2.75. The summed E-state index contributed by atoms with van der Waals surface area (Å²) in [5.41, 5.74) is 0.970. The maximum absolute atomic E-state index is 11.5. The van der Waals surface area contributed by atoms with E-state index in [2.05, 4.69) is 0 Å². The summed E-state index contributed by atoms with van der Waals surface area (Å²) in [6.45, 7) is 0. The molecule has 0 unspecified atom stereocenters. The molecule has 3 nitrogen and oxygen atoms in total. The largest absolute Gasteiger partial charge is 0.223 e. The van der Waals surface area contributed by atoms with E-state index in [9.17, 15) is 8.42 Å². The van der Waals surface area contributed by atoms with Crippen LogP contribution in [0.1, 0.15) is 5.56 Å². The summed E-state index contributed by atoms with van der Waals surface area (Å²) in [4.78, 5) is 0.919. The fourth-order valence-electron chi connectivity index (χ4n) is 1.33. The molecule has 0 N–H and O–H groups in total. The minimum atomic E-state index is -3.32. The van der Waals surface area contributed by atoms with Crippen LogP contribution in [0.5, 0.6) is 0 Å². The van der Waals surface area contributed by atoms with Gasteiger partial charge in [0.1, 0.15) is 10.3 Å². The van der Waals surface area contributed by atoms with E-state index in [1.807, 2.05) is 23.6 Å². The topological polar surface area (TPSA) is 57.9 Å². The van der Waals surface area contributed by atoms with Gasteiger partial charge >= 0.3 is 0 Å². The summed E-state index contributed by atoms with van der Waals surface area (Å²) < 4.78 is 23.1. The smallest absolute Gasteiger partial charge is 0.186 e. The van der Waals surface area contributed by atoms with Crippen molar-refractivity contribution in [1.29, 1.82) is 5.26 Å². The SMILES string of the molecule is CS(=O)(=O)c1scc(-c2cccs2)c1C#N. The van der Waals surface area contributed by atoms with Crippen LogP contribution in [0, 0.1) is 11.3 Å². The van der Waals surface area contributed by atoms with Crippen molar-refractivity contribution in [2.75, 3.05) is 6.26 Å². The van der Waals surface area contributed by atoms with E-state index in [-0.39, 0.29) is 9.77 Å². The Hall–Kier alpha value is -1.16. The third-order valence-corrected chi connectivity index (χ3v) is 5.74. The van der Waals surface area contributed by atoms with Gasteiger partial charge in [-0.05, 0) is 11.4 Å². The molecule has 0 amide bonds. The van der Waals surface area contributed by atoms with Crippen LogP contribution in [-0.4, -0.2) is 14.7 Å². The number of nitriles is 1. The highest BCUT2D eigenvalue weighted by Gasteiger charge is 2.20. The van der Waals surface area contributed by atoms with Gasteiger partial charge in [0, 0.05) is 22.1 Å². The lowest BCUT2D eigenvalue weighted by Gasteiger charge is -1.95. The molecule has 2 aromatic rings. The van der Waals surface area contributed by atoms with Gasteiger partial charge in [0.2, 0.25) is 0 Å². The highest BCUT2D eigenvalue weighted by molar-refractivity contribution is 7.92. The highest BCUT2D eigenvalue weighted by atomic mass is 32.2. The van der Waals surface area contributed by atoms with Crippen molar-refractivity contribution in [1.82, 2.24) is 0 Å². The van der Waals surface area contributed by atoms with E-state index in [0.717, 1.165) is 22.5 Å². The van der Waals surface area contributed by atoms with Crippen molar-refractivity contribution in [2.45, 2.75) is 4.21 Å². The number of rotatable bonds is 2. The molecule has 2 rings (SSSR count). The third kappa shape index (κ3) is 1.89. The van der Waals surface area contributed by atoms with Crippen molar-refractivity contribution < 1.29 is 8.42 Å². The molecule has 82 valence electrons. The molecule has 0 saturated heterocycles. The minimum absolute atomic E-state index is 0.151. The van der Waals surface area contributed by atoms with E-state index in [4.69, 9.17) is 5.26 Å². The first-order valence-electron chi connectivity index (χ1n) is 4.29. The van der Waals surface area contributed by atoms with Gasteiger partial charge < -0.3 is 0 Å². The molecule has 0 fully saturated rings. The fraction of sp³-hybridized carbons (Fsp3) is 0.100. The number of hydrogen-bond acceptors (Lipinski definition) is 5. The molecule has 0 aliphatic carbocycles. The number of thiophene rings is 2. The van der Waals surface area contributed by atoms with Crippen LogP contribution >= 0.6 is 22.7 Å². The molecule has 2 aromatic heterocycles. The molecule has 0 aliphatic rings. The van der Waals surface area contributed by atoms with E-state index in [1.165, 1.54) is 11.3 Å². The van der Waals surface area contributed by atoms with Gasteiger partial charge in [-0.2, -0.15) is 5.26 Å². The zero-order valence-electron chi connectivity index (χ0n) is 8.30. The second kappa shape index (κ2) is 4.01. The van der Waals surface area contributed by atoms with Crippen LogP contribution in [-0.2, 0) is 9.84 Å². The van der Waals surface area contributed by atoms with Crippen LogP contribution in [0.25, 0.3) is 10.4 Å². The summed E-state index contributed by atoms with van der Waals surface area (Å²) in [5.74, 6) is 0. The van der Waals surface area contributed by atoms with Crippen LogP contribution < -0.4 is 0 Å². The Balaban J connectivity index is 2.69. The Labute approximate surface area is 102 Å². The van der Waals surface area contributed by atoms with Crippen molar-refractivity contribution >= 4 is 32.5 Å². The summed E-state index contributed by atoms with van der Waals surface area (Å²) in [5, 5.41) is 12.7. The molecule has 0 radical (unpaired) electrons. The van der Waals surface area contributed by atoms with Crippen LogP contribution in [0.3, 0.4) is 0 Å². The molecule has 0 bridgehead atoms. The standard InChI is InChI=1S/C10H7NO2S3/c1-16(12,13)10-7(5-11)8(6-15-10)9-3-2-4-14-9/h2-4,6H,1H3. The molecule has 0 atom stereocenters. The summed E-state index contributed by atoms with van der Waals surface area (Å²) in [6, 6.07) is 5.73. The van der Waals surface area contributed by atoms with Crippen LogP contribution in [0.15, 0.2) is 27.1 Å². The molecule has 16 heavy (non-hydrogen) atoms. The molecule has 0 saturated carbocycles. The van der Waals surface area contributed by atoms with Crippen molar-refractivity contribution in [2.24, 2.45) is 0 Å². The van der Waals surface area contributed by atoms with Gasteiger partial charge in [-0.25, -0.2) is 8.42 Å². The molecular formula is C10H7NO2S3. The molecule has 0 aliphatic heterocycles. The lowest BCUT2D eigenvalue weighted by Crippen LogP contribution is -1.96. The van der Waals surface area contributed by atoms with Gasteiger partial charge in [-0.1, -0.05) is 6.07 Å². The van der Waals surface area contributed by atoms with Crippen molar-refractivity contribution in [3.63, 3.8) is 0 Å². The van der Waals surface area contributed by atoms with Gasteiger partial charge in [0.25, 0.3) is 0 Å². The Morgan fingerprint density at radius 1 is 1.38 bits per heavy atom. The zero-order chi connectivity index (χ0) is 11.8. The Kier molecular flexibility index (Phi) is 2.84. The molecule has 0 spiro atoms. The third-order valence-electron chi connectivity index (χ3n) is 1.99. The van der Waals surface area contributed by atoms with E-state index < -0.39 is 9.84 Å². The average molecular weight is 269 g/mol. The minimum Gasteiger partial charge on any atom is -0.223 e. The number of hydrogen-bond donors (Lipinski definition) is 0. The van der Waals surface area contributed by atoms with Crippen LogP contribution in [0.4, 0.5) is 0 Å². The first-order chi connectivity index (χ1) is 7.54. The predicted molar refractivity (Wildman–Crippen MR) is 65.5 cm³/mol. The maximum Gasteiger partial charge on any atom is 0.186 e. The molecule has 0 aromatic carbocycles. The number of sulfone groups is 1. The Morgan fingerprint density at radius 3 is 2.62 bits per heavy atom. The lowest BCUT2D eigenvalue weighted by molar-refractivity contribution is 0.603. The van der Waals surface area contributed by atoms with Crippen LogP contribution in [0.2, 0.25) is 0 Å². The Bertz CT molecular complexity index is 645. The van der Waals surface area contributed by atoms with E-state index in [0.29, 0.717) is 5.56 Å². The first-order valence-corrected chi connectivity index (χ1v) is 7.94. The molecular weight excluding hydrogens is 262 g/mol. The molecule has 2 heterocycles. The maximum atomic E-state index is 11.5. The second-order valence-corrected chi connectivity index (χ2v) is 7.21. The Morgan fingerprint density at radius 2 is 2.12 bits per heavy atom. The second-order valence-electron chi connectivity index (χ2n) is 3.17. The zero-order valence-corrected chi connectivity index (χ0v) is 10.7. The number of nitrogens with zero attached hydrogens (tertiary/aromatic N) is 1. The summed E-state index contributed by atoms with van der Waals surface area (Å²) in [7, 11) is -3.32. The summed E-state index contributed by atoms with van der Waals surface area (Å²) >= 11 is 2.59. The fourth-order valence-corrected chi connectivity index (χ4v) is 4.27. The first kappa shape index (κ1) is 11.3. The van der Waals surface area contributed by atoms with Gasteiger partial charge in [-0.3, -0.25) is 0 Å². The molecule has 6 heteroatoms. The summed E-state index contributed by atoms with van der Waals surface area (Å²) in [6.07, 6.45) is 1.12. The lowest BCUT2D eigenvalue weighted by atomic mass is 10.2. The normalized spacial score (nSPS) is 11.2. The quantitative estimate of drug-likeness (QED) is 0.842.